The molecule has 0 rings (SSSR count). The van der Waals surface area contributed by atoms with Crippen molar-refractivity contribution >= 4 is 0 Å². The Labute approximate surface area is 123 Å². The summed E-state index contributed by atoms with van der Waals surface area (Å²) in [5, 5.41) is 0. The minimum atomic E-state index is 0. The predicted octanol–water partition coefficient (Wildman–Crippen LogP) is -0.0150. The molecule has 0 aromatic rings. The normalized spacial score (nSPS) is 0. The van der Waals surface area contributed by atoms with Gasteiger partial charge < -0.3 is 0 Å². The summed E-state index contributed by atoms with van der Waals surface area (Å²) < 4.78 is 0. The molecule has 41 valence electrons. The summed E-state index contributed by atoms with van der Waals surface area (Å²) in [6.45, 7) is 0. The van der Waals surface area contributed by atoms with Crippen molar-refractivity contribution in [1.82, 2.24) is 0 Å². The van der Waals surface area contributed by atoms with Gasteiger partial charge in [-0.1, -0.05) is 0 Å². The quantitative estimate of drug-likeness (QED) is 0.378. The fraction of sp³-hybridized carbons (Fsp3) is 0. The Bertz CT molecular complexity index is 13.5. The average Bonchev–Trinajstić information content (AvgIpc) is 0. The van der Waals surface area contributed by atoms with Crippen LogP contribution in [-0.2, 0) is 126 Å². The first-order valence-electron chi connectivity index (χ1n) is 0. The van der Waals surface area contributed by atoms with Crippen molar-refractivity contribution in [2.24, 2.45) is 0 Å². The van der Waals surface area contributed by atoms with Crippen molar-refractivity contribution in [3.63, 3.8) is 0 Å². The van der Waals surface area contributed by atoms with Crippen LogP contribution in [0.3, 0.4) is 0 Å². The van der Waals surface area contributed by atoms with E-state index >= 15 is 0 Å². The van der Waals surface area contributed by atoms with E-state index in [4.69, 9.17) is 0 Å². The zero-order valence-corrected chi connectivity index (χ0v) is 13.5. The van der Waals surface area contributed by atoms with E-state index in [9.17, 15) is 0 Å². The molecule has 0 saturated carbocycles. The molecular formula is Cu2NbTiWZr. The second kappa shape index (κ2) is 35.7. The molecule has 3 radical (unpaired) electrons. The van der Waals surface area contributed by atoms with Gasteiger partial charge in [0.25, 0.3) is 0 Å². The molecule has 0 nitrogen and oxygen atoms in total. The molecule has 0 heterocycles. The van der Waals surface area contributed by atoms with Crippen LogP contribution in [0.5, 0.6) is 0 Å². The first-order chi connectivity index (χ1) is 0. The minimum Gasteiger partial charge on any atom is 0 e. The molecule has 0 aliphatic carbocycles. The number of hydrogen-bond donors (Lipinski definition) is 0. The molecule has 0 bridgehead atoms. The minimum absolute atomic E-state index is 0. The van der Waals surface area contributed by atoms with E-state index in [1.807, 2.05) is 0 Å². The van der Waals surface area contributed by atoms with Gasteiger partial charge in [0.05, 0.1) is 0 Å². The molecule has 0 fully saturated rings. The Morgan fingerprint density at radius 1 is 0.833 bits per heavy atom. The molecule has 0 spiro atoms. The molecule has 0 aromatic carbocycles. The third kappa shape index (κ3) is 24.4. The van der Waals surface area contributed by atoms with Gasteiger partial charge in [-0.2, -0.15) is 0 Å². The Balaban J connectivity index is 0. The van der Waals surface area contributed by atoms with Crippen LogP contribution in [0.2, 0.25) is 0 Å². The van der Waals surface area contributed by atoms with Crippen molar-refractivity contribution in [3.05, 3.63) is 0 Å². The third-order valence-corrected chi connectivity index (χ3v) is 0. The van der Waals surface area contributed by atoms with Gasteiger partial charge in [-0.05, 0) is 0 Å². The maximum atomic E-state index is 0. The van der Waals surface area contributed by atoms with Gasteiger partial charge in [0.2, 0.25) is 0 Å². The Morgan fingerprint density at radius 3 is 0.833 bits per heavy atom. The number of rotatable bonds is 0. The topological polar surface area (TPSA) is 0 Å². The first-order valence-corrected chi connectivity index (χ1v) is 0. The van der Waals surface area contributed by atoms with Gasteiger partial charge in [0.1, 0.15) is 0 Å². The van der Waals surface area contributed by atoms with Crippen molar-refractivity contribution in [3.8, 4) is 0 Å². The smallest absolute Gasteiger partial charge is 0 e. The van der Waals surface area contributed by atoms with E-state index in [1.54, 1.807) is 0 Å². The summed E-state index contributed by atoms with van der Waals surface area (Å²) in [4.78, 5) is 0. The molecule has 0 saturated heterocycles. The monoisotopic (exact) mass is 541 g/mol. The van der Waals surface area contributed by atoms with E-state index in [0.717, 1.165) is 0 Å². The van der Waals surface area contributed by atoms with Gasteiger partial charge in [-0.25, -0.2) is 0 Å². The molecule has 0 amide bonds. The van der Waals surface area contributed by atoms with Gasteiger partial charge in [-0.15, -0.1) is 0 Å². The second-order valence-electron chi connectivity index (χ2n) is 0. The van der Waals surface area contributed by atoms with Crippen LogP contribution < -0.4 is 0 Å². The first kappa shape index (κ1) is 50.1. The summed E-state index contributed by atoms with van der Waals surface area (Å²) in [7, 11) is 0. The van der Waals surface area contributed by atoms with E-state index in [0.29, 0.717) is 0 Å². The summed E-state index contributed by atoms with van der Waals surface area (Å²) in [6.07, 6.45) is 0. The van der Waals surface area contributed by atoms with Crippen molar-refractivity contribution in [2.75, 3.05) is 0 Å². The van der Waals surface area contributed by atoms with E-state index in [2.05, 4.69) is 0 Å². The van der Waals surface area contributed by atoms with Gasteiger partial charge in [0.15, 0.2) is 0 Å². The largest absolute Gasteiger partial charge is 0 e. The van der Waals surface area contributed by atoms with Crippen LogP contribution in [-0.4, -0.2) is 0 Å². The summed E-state index contributed by atoms with van der Waals surface area (Å²) in [5.74, 6) is 0. The Kier molecular flexibility index (Phi) is 298. The van der Waals surface area contributed by atoms with E-state index in [-0.39, 0.29) is 126 Å². The van der Waals surface area contributed by atoms with E-state index < -0.39 is 0 Å². The van der Waals surface area contributed by atoms with Crippen LogP contribution in [0.1, 0.15) is 0 Å². The van der Waals surface area contributed by atoms with Crippen molar-refractivity contribution in [2.45, 2.75) is 0 Å². The second-order valence-corrected chi connectivity index (χ2v) is 0. The van der Waals surface area contributed by atoms with E-state index in [1.165, 1.54) is 0 Å². The Morgan fingerprint density at radius 2 is 0.833 bits per heavy atom. The van der Waals surface area contributed by atoms with Crippen LogP contribution in [0.15, 0.2) is 0 Å². The molecule has 0 atom stereocenters. The molecule has 6 heteroatoms. The summed E-state index contributed by atoms with van der Waals surface area (Å²) in [5.41, 5.74) is 0. The molecule has 6 heavy (non-hydrogen) atoms. The van der Waals surface area contributed by atoms with Crippen molar-refractivity contribution in [1.29, 1.82) is 0 Å². The molecule has 0 aromatic heterocycles. The predicted molar refractivity (Wildman–Crippen MR) is 0 cm³/mol. The third-order valence-electron chi connectivity index (χ3n) is 0. The average molecular weight is 543 g/mol. The van der Waals surface area contributed by atoms with Gasteiger partial charge >= 0.3 is 0 Å². The fourth-order valence-electron chi connectivity index (χ4n) is 0. The standard InChI is InChI=1S/2Cu.Nb.Ti.W.Zr. The molecule has 0 N–H and O–H groups in total. The number of hydrogen-bond acceptors (Lipinski definition) is 0. The SMILES string of the molecule is [Cu].[Cu].[Nb].[Ti].[W].[Zr]. The van der Waals surface area contributed by atoms with Gasteiger partial charge in [-0.3, -0.25) is 0 Å². The van der Waals surface area contributed by atoms with Gasteiger partial charge in [0, 0.05) is 126 Å². The zero-order valence-electron chi connectivity index (χ0n) is 2.46. The molecular weight excluding hydrogens is 543 g/mol. The zero-order chi connectivity index (χ0) is 0. The Hall–Kier alpha value is 4.06. The maximum absolute atomic E-state index is 0. The van der Waals surface area contributed by atoms with Crippen LogP contribution >= 0.6 is 0 Å². The van der Waals surface area contributed by atoms with Crippen LogP contribution in [0, 0.1) is 0 Å². The molecule has 0 aliphatic rings. The molecule has 0 unspecified atom stereocenters. The fourth-order valence-corrected chi connectivity index (χ4v) is 0. The summed E-state index contributed by atoms with van der Waals surface area (Å²) in [6, 6.07) is 0. The summed E-state index contributed by atoms with van der Waals surface area (Å²) >= 11 is 0. The van der Waals surface area contributed by atoms with Crippen LogP contribution in [0.25, 0.3) is 0 Å². The van der Waals surface area contributed by atoms with Crippen molar-refractivity contribution < 1.29 is 126 Å². The van der Waals surface area contributed by atoms with Crippen LogP contribution in [0.4, 0.5) is 0 Å². The maximum Gasteiger partial charge on any atom is 0 e. The molecule has 0 aliphatic heterocycles.